The molecular weight excluding hydrogens is 356 g/mol. The quantitative estimate of drug-likeness (QED) is 0.770. The molecule has 92 valence electrons. The summed E-state index contributed by atoms with van der Waals surface area (Å²) in [5.41, 5.74) is 0.550. The number of hydrogen-bond donors (Lipinski definition) is 3. The maximum Gasteiger partial charge on any atom is 0.325 e. The molecule has 0 spiro atoms. The fourth-order valence-electron chi connectivity index (χ4n) is 1.01. The lowest BCUT2D eigenvalue weighted by Crippen LogP contribution is -2.40. The first-order chi connectivity index (χ1) is 7.90. The van der Waals surface area contributed by atoms with E-state index in [1.54, 1.807) is 12.1 Å². The number of carbonyl (C=O) groups excluding carboxylic acids is 1. The van der Waals surface area contributed by atoms with E-state index >= 15 is 0 Å². The maximum atomic E-state index is 11.5. The molecule has 0 saturated heterocycles. The Morgan fingerprint density at radius 3 is 2.59 bits per heavy atom. The number of anilines is 1. The molecule has 7 heteroatoms. The second-order valence-electron chi connectivity index (χ2n) is 3.28. The lowest BCUT2D eigenvalue weighted by molar-refractivity contribution is -0.138. The van der Waals surface area contributed by atoms with Crippen LogP contribution in [0.4, 0.5) is 10.5 Å². The normalized spacial score (nSPS) is 11.7. The van der Waals surface area contributed by atoms with Crippen LogP contribution in [0.5, 0.6) is 0 Å². The predicted molar refractivity (Wildman–Crippen MR) is 71.1 cm³/mol. The van der Waals surface area contributed by atoms with E-state index < -0.39 is 18.0 Å². The van der Waals surface area contributed by atoms with Gasteiger partial charge in [0.15, 0.2) is 0 Å². The number of carbonyl (C=O) groups is 2. The molecule has 1 aromatic carbocycles. The number of nitrogens with one attached hydrogen (secondary N) is 2. The highest BCUT2D eigenvalue weighted by molar-refractivity contribution is 9.11. The second-order valence-corrected chi connectivity index (χ2v) is 5.05. The predicted octanol–water partition coefficient (Wildman–Crippen LogP) is 2.81. The van der Waals surface area contributed by atoms with Crippen molar-refractivity contribution in [3.63, 3.8) is 0 Å². The molecule has 0 heterocycles. The molecule has 1 aromatic rings. The van der Waals surface area contributed by atoms with Gasteiger partial charge in [-0.1, -0.05) is 15.9 Å². The van der Waals surface area contributed by atoms with E-state index in [-0.39, 0.29) is 0 Å². The smallest absolute Gasteiger partial charge is 0.325 e. The summed E-state index contributed by atoms with van der Waals surface area (Å²) >= 11 is 6.55. The Kier molecular flexibility index (Phi) is 4.95. The van der Waals surface area contributed by atoms with Gasteiger partial charge in [-0.15, -0.1) is 0 Å². The Hall–Kier alpha value is -1.08. The van der Waals surface area contributed by atoms with Gasteiger partial charge in [0, 0.05) is 8.95 Å². The molecule has 2 amide bonds. The van der Waals surface area contributed by atoms with Crippen LogP contribution in [-0.4, -0.2) is 23.1 Å². The second kappa shape index (κ2) is 6.02. The first-order valence-electron chi connectivity index (χ1n) is 4.65. The van der Waals surface area contributed by atoms with Crippen LogP contribution in [0.2, 0.25) is 0 Å². The van der Waals surface area contributed by atoms with Crippen molar-refractivity contribution >= 4 is 49.5 Å². The highest BCUT2D eigenvalue weighted by Gasteiger charge is 2.14. The molecule has 1 rings (SSSR count). The maximum absolute atomic E-state index is 11.5. The highest BCUT2D eigenvalue weighted by Crippen LogP contribution is 2.25. The number of benzene rings is 1. The van der Waals surface area contributed by atoms with Gasteiger partial charge in [-0.05, 0) is 41.1 Å². The van der Waals surface area contributed by atoms with E-state index in [1.807, 2.05) is 6.07 Å². The van der Waals surface area contributed by atoms with E-state index in [0.717, 1.165) is 4.47 Å². The summed E-state index contributed by atoms with van der Waals surface area (Å²) in [5, 5.41) is 13.5. The molecule has 0 aliphatic rings. The first-order valence-corrected chi connectivity index (χ1v) is 6.24. The van der Waals surface area contributed by atoms with Gasteiger partial charge in [0.1, 0.15) is 6.04 Å². The third-order valence-electron chi connectivity index (χ3n) is 1.89. The Bertz CT molecular complexity index is 451. The van der Waals surface area contributed by atoms with Crippen LogP contribution in [0.3, 0.4) is 0 Å². The Balaban J connectivity index is 2.68. The van der Waals surface area contributed by atoms with E-state index in [2.05, 4.69) is 42.5 Å². The topological polar surface area (TPSA) is 78.4 Å². The molecule has 0 aliphatic carbocycles. The van der Waals surface area contributed by atoms with Crippen LogP contribution >= 0.6 is 31.9 Å². The van der Waals surface area contributed by atoms with Crippen molar-refractivity contribution < 1.29 is 14.7 Å². The van der Waals surface area contributed by atoms with Gasteiger partial charge >= 0.3 is 12.0 Å². The average molecular weight is 366 g/mol. The number of halogens is 2. The number of urea groups is 1. The van der Waals surface area contributed by atoms with Crippen molar-refractivity contribution in [2.24, 2.45) is 0 Å². The minimum atomic E-state index is -1.09. The minimum Gasteiger partial charge on any atom is -0.480 e. The zero-order valence-electron chi connectivity index (χ0n) is 8.83. The largest absolute Gasteiger partial charge is 0.480 e. The van der Waals surface area contributed by atoms with Crippen LogP contribution in [0.25, 0.3) is 0 Å². The molecule has 17 heavy (non-hydrogen) atoms. The molecule has 0 bridgehead atoms. The van der Waals surface area contributed by atoms with Gasteiger partial charge in [-0.25, -0.2) is 4.79 Å². The number of aliphatic carboxylic acids is 1. The van der Waals surface area contributed by atoms with E-state index in [0.29, 0.717) is 10.2 Å². The fraction of sp³-hybridized carbons (Fsp3) is 0.200. The lowest BCUT2D eigenvalue weighted by atomic mass is 10.3. The van der Waals surface area contributed by atoms with Crippen molar-refractivity contribution in [1.82, 2.24) is 5.32 Å². The molecule has 0 aliphatic heterocycles. The Morgan fingerprint density at radius 2 is 2.00 bits per heavy atom. The highest BCUT2D eigenvalue weighted by atomic mass is 79.9. The van der Waals surface area contributed by atoms with Crippen molar-refractivity contribution in [2.45, 2.75) is 13.0 Å². The number of amides is 2. The summed E-state index contributed by atoms with van der Waals surface area (Å²) < 4.78 is 1.51. The first kappa shape index (κ1) is 14.0. The summed E-state index contributed by atoms with van der Waals surface area (Å²) in [6.45, 7) is 1.39. The van der Waals surface area contributed by atoms with Gasteiger partial charge in [0.25, 0.3) is 0 Å². The van der Waals surface area contributed by atoms with Gasteiger partial charge < -0.3 is 15.7 Å². The van der Waals surface area contributed by atoms with Gasteiger partial charge in [0.2, 0.25) is 0 Å². The van der Waals surface area contributed by atoms with E-state index in [9.17, 15) is 9.59 Å². The monoisotopic (exact) mass is 364 g/mol. The average Bonchev–Trinajstić information content (AvgIpc) is 2.23. The van der Waals surface area contributed by atoms with Crippen LogP contribution in [-0.2, 0) is 4.79 Å². The molecule has 0 radical (unpaired) electrons. The van der Waals surface area contributed by atoms with Crippen molar-refractivity contribution in [3.8, 4) is 0 Å². The number of carboxylic acids is 1. The zero-order chi connectivity index (χ0) is 13.0. The summed E-state index contributed by atoms with van der Waals surface area (Å²) in [7, 11) is 0. The SMILES string of the molecule is C[C@H](NC(=O)Nc1cc(Br)ccc1Br)C(=O)O. The van der Waals surface area contributed by atoms with Crippen LogP contribution in [0, 0.1) is 0 Å². The Labute approximate surface area is 115 Å². The van der Waals surface area contributed by atoms with E-state index in [1.165, 1.54) is 6.92 Å². The van der Waals surface area contributed by atoms with Gasteiger partial charge in [-0.3, -0.25) is 4.79 Å². The molecule has 0 saturated carbocycles. The molecule has 5 nitrogen and oxygen atoms in total. The molecular formula is C10H10Br2N2O3. The molecule has 0 fully saturated rings. The number of hydrogen-bond acceptors (Lipinski definition) is 2. The Morgan fingerprint density at radius 1 is 1.35 bits per heavy atom. The van der Waals surface area contributed by atoms with Crippen LogP contribution in [0.15, 0.2) is 27.1 Å². The van der Waals surface area contributed by atoms with Crippen molar-refractivity contribution in [1.29, 1.82) is 0 Å². The number of rotatable bonds is 3. The summed E-state index contributed by atoms with van der Waals surface area (Å²) in [4.78, 5) is 22.0. The van der Waals surface area contributed by atoms with E-state index in [4.69, 9.17) is 5.11 Å². The van der Waals surface area contributed by atoms with Crippen LogP contribution in [0.1, 0.15) is 6.92 Å². The van der Waals surface area contributed by atoms with Gasteiger partial charge in [0.05, 0.1) is 5.69 Å². The number of carboxylic acid groups (broad SMARTS) is 1. The third-order valence-corrected chi connectivity index (χ3v) is 3.08. The minimum absolute atomic E-state index is 0.550. The molecule has 3 N–H and O–H groups in total. The van der Waals surface area contributed by atoms with Gasteiger partial charge in [-0.2, -0.15) is 0 Å². The fourth-order valence-corrected chi connectivity index (χ4v) is 1.72. The molecule has 0 aromatic heterocycles. The summed E-state index contributed by atoms with van der Waals surface area (Å²) in [5.74, 6) is -1.09. The van der Waals surface area contributed by atoms with Crippen LogP contribution < -0.4 is 10.6 Å². The summed E-state index contributed by atoms with van der Waals surface area (Å²) in [6.07, 6.45) is 0. The summed E-state index contributed by atoms with van der Waals surface area (Å²) in [6, 6.07) is 3.77. The zero-order valence-corrected chi connectivity index (χ0v) is 12.0. The molecule has 0 unspecified atom stereocenters. The third kappa shape index (κ3) is 4.35. The van der Waals surface area contributed by atoms with Crippen molar-refractivity contribution in [2.75, 3.05) is 5.32 Å². The standard InChI is InChI=1S/C10H10Br2N2O3/c1-5(9(15)16)13-10(17)14-8-4-6(11)2-3-7(8)12/h2-5H,1H3,(H,15,16)(H2,13,14,17)/t5-/m0/s1. The molecule has 1 atom stereocenters. The lowest BCUT2D eigenvalue weighted by Gasteiger charge is -2.12. The van der Waals surface area contributed by atoms with Crippen molar-refractivity contribution in [3.05, 3.63) is 27.1 Å².